The quantitative estimate of drug-likeness (QED) is 0.440. The molecule has 0 bridgehead atoms. The molecule has 0 spiro atoms. The lowest BCUT2D eigenvalue weighted by Gasteiger charge is -2.33. The molecule has 0 saturated carbocycles. The van der Waals surface area contributed by atoms with Gasteiger partial charge in [-0.3, -0.25) is 11.3 Å². The van der Waals surface area contributed by atoms with E-state index in [0.717, 1.165) is 12.8 Å². The van der Waals surface area contributed by atoms with Crippen molar-refractivity contribution in [2.45, 2.75) is 38.2 Å². The van der Waals surface area contributed by atoms with E-state index in [2.05, 4.69) is 5.43 Å². The normalized spacial score (nSPS) is 39.0. The van der Waals surface area contributed by atoms with Crippen molar-refractivity contribution in [1.82, 2.24) is 5.43 Å². The van der Waals surface area contributed by atoms with E-state index in [9.17, 15) is 0 Å². The fourth-order valence-corrected chi connectivity index (χ4v) is 1.34. The molecule has 0 amide bonds. The van der Waals surface area contributed by atoms with Crippen molar-refractivity contribution < 1.29 is 9.47 Å². The molecule has 1 unspecified atom stereocenters. The second-order valence-electron chi connectivity index (χ2n) is 2.86. The standard InChI is InChI=1S/C7H16N2O2/c1-5-6(9-8)3-4-7(10-2)11-5/h5-7,9H,3-4,8H2,1-2H3/t5-,6?,7-/m0/s1. The third kappa shape index (κ3) is 2.13. The zero-order valence-electron chi connectivity index (χ0n) is 7.04. The van der Waals surface area contributed by atoms with Crippen LogP contribution in [0.1, 0.15) is 19.8 Å². The van der Waals surface area contributed by atoms with E-state index < -0.39 is 0 Å². The highest BCUT2D eigenvalue weighted by molar-refractivity contribution is 4.76. The van der Waals surface area contributed by atoms with Crippen LogP contribution in [-0.2, 0) is 9.47 Å². The molecule has 1 aliphatic heterocycles. The Kier molecular flexibility index (Phi) is 3.26. The molecule has 1 fully saturated rings. The Morgan fingerprint density at radius 3 is 2.73 bits per heavy atom. The van der Waals surface area contributed by atoms with E-state index >= 15 is 0 Å². The lowest BCUT2D eigenvalue weighted by molar-refractivity contribution is -0.183. The van der Waals surface area contributed by atoms with E-state index in [1.165, 1.54) is 0 Å². The number of hydrogen-bond acceptors (Lipinski definition) is 4. The Bertz CT molecular complexity index is 121. The minimum Gasteiger partial charge on any atom is -0.356 e. The molecule has 0 aromatic heterocycles. The molecule has 0 aromatic carbocycles. The van der Waals surface area contributed by atoms with Gasteiger partial charge in [0.1, 0.15) is 0 Å². The second kappa shape index (κ2) is 4.01. The number of nitrogens with two attached hydrogens (primary N) is 1. The summed E-state index contributed by atoms with van der Waals surface area (Å²) in [6.07, 6.45) is 2.01. The first-order valence-electron chi connectivity index (χ1n) is 3.92. The largest absolute Gasteiger partial charge is 0.356 e. The highest BCUT2D eigenvalue weighted by Gasteiger charge is 2.26. The zero-order chi connectivity index (χ0) is 8.27. The van der Waals surface area contributed by atoms with Crippen LogP contribution >= 0.6 is 0 Å². The molecule has 1 rings (SSSR count). The topological polar surface area (TPSA) is 56.5 Å². The summed E-state index contributed by atoms with van der Waals surface area (Å²) in [7, 11) is 1.66. The Morgan fingerprint density at radius 1 is 1.55 bits per heavy atom. The number of hydrogen-bond donors (Lipinski definition) is 2. The van der Waals surface area contributed by atoms with Crippen molar-refractivity contribution in [1.29, 1.82) is 0 Å². The van der Waals surface area contributed by atoms with E-state index in [0.29, 0.717) is 0 Å². The predicted molar refractivity (Wildman–Crippen MR) is 41.7 cm³/mol. The highest BCUT2D eigenvalue weighted by atomic mass is 16.7. The van der Waals surface area contributed by atoms with Gasteiger partial charge in [-0.05, 0) is 19.8 Å². The average Bonchev–Trinajstić information content (AvgIpc) is 2.04. The monoisotopic (exact) mass is 160 g/mol. The predicted octanol–water partition coefficient (Wildman–Crippen LogP) is -0.0103. The Morgan fingerprint density at radius 2 is 2.27 bits per heavy atom. The van der Waals surface area contributed by atoms with Crippen molar-refractivity contribution in [3.63, 3.8) is 0 Å². The molecule has 4 heteroatoms. The molecule has 3 N–H and O–H groups in total. The Labute approximate surface area is 67.0 Å². The molecule has 66 valence electrons. The molecule has 4 nitrogen and oxygen atoms in total. The Balaban J connectivity index is 2.34. The third-order valence-corrected chi connectivity index (χ3v) is 2.12. The molecular formula is C7H16N2O2. The molecule has 1 saturated heterocycles. The smallest absolute Gasteiger partial charge is 0.157 e. The minimum atomic E-state index is -0.0467. The summed E-state index contributed by atoms with van der Waals surface area (Å²) in [6.45, 7) is 2.00. The van der Waals surface area contributed by atoms with Crippen molar-refractivity contribution in [3.8, 4) is 0 Å². The number of nitrogens with one attached hydrogen (secondary N) is 1. The number of ether oxygens (including phenoxy) is 2. The summed E-state index contributed by atoms with van der Waals surface area (Å²) < 4.78 is 10.5. The van der Waals surface area contributed by atoms with Crippen LogP contribution in [0.5, 0.6) is 0 Å². The van der Waals surface area contributed by atoms with Crippen LogP contribution in [0.15, 0.2) is 0 Å². The summed E-state index contributed by atoms with van der Waals surface area (Å²) in [5, 5.41) is 0. The molecule has 0 radical (unpaired) electrons. The molecule has 0 aliphatic carbocycles. The number of hydrazine groups is 1. The number of methoxy groups -OCH3 is 1. The van der Waals surface area contributed by atoms with Crippen molar-refractivity contribution in [2.75, 3.05) is 7.11 Å². The Hall–Kier alpha value is -0.160. The zero-order valence-corrected chi connectivity index (χ0v) is 7.04. The van der Waals surface area contributed by atoms with Crippen LogP contribution in [0.3, 0.4) is 0 Å². The van der Waals surface area contributed by atoms with Crippen molar-refractivity contribution in [2.24, 2.45) is 5.84 Å². The van der Waals surface area contributed by atoms with Crippen LogP contribution in [0.2, 0.25) is 0 Å². The molecule has 1 heterocycles. The van der Waals surface area contributed by atoms with Crippen LogP contribution in [0, 0.1) is 0 Å². The van der Waals surface area contributed by atoms with Crippen LogP contribution < -0.4 is 11.3 Å². The lowest BCUT2D eigenvalue weighted by atomic mass is 10.0. The van der Waals surface area contributed by atoms with Crippen molar-refractivity contribution >= 4 is 0 Å². The van der Waals surface area contributed by atoms with Gasteiger partial charge >= 0.3 is 0 Å². The summed E-state index contributed by atoms with van der Waals surface area (Å²) in [5.41, 5.74) is 2.72. The van der Waals surface area contributed by atoms with Gasteiger partial charge in [-0.1, -0.05) is 0 Å². The summed E-state index contributed by atoms with van der Waals surface area (Å²) in [6, 6.07) is 0.265. The van der Waals surface area contributed by atoms with Gasteiger partial charge in [-0.2, -0.15) is 0 Å². The minimum absolute atomic E-state index is 0.0467. The fourth-order valence-electron chi connectivity index (χ4n) is 1.34. The van der Waals surface area contributed by atoms with E-state index in [-0.39, 0.29) is 18.4 Å². The van der Waals surface area contributed by atoms with E-state index in [1.807, 2.05) is 6.92 Å². The summed E-state index contributed by atoms with van der Waals surface area (Å²) in [5.74, 6) is 5.31. The SMILES string of the molecule is CO[C@@H]1CCC(NN)[C@H](C)O1. The van der Waals surface area contributed by atoms with Gasteiger partial charge in [0, 0.05) is 13.2 Å². The molecule has 11 heavy (non-hydrogen) atoms. The van der Waals surface area contributed by atoms with Crippen LogP contribution in [0.25, 0.3) is 0 Å². The van der Waals surface area contributed by atoms with Gasteiger partial charge in [0.25, 0.3) is 0 Å². The van der Waals surface area contributed by atoms with Gasteiger partial charge in [0.15, 0.2) is 6.29 Å². The maximum Gasteiger partial charge on any atom is 0.157 e. The van der Waals surface area contributed by atoms with Gasteiger partial charge in [-0.25, -0.2) is 0 Å². The summed E-state index contributed by atoms with van der Waals surface area (Å²) >= 11 is 0. The second-order valence-corrected chi connectivity index (χ2v) is 2.86. The summed E-state index contributed by atoms with van der Waals surface area (Å²) in [4.78, 5) is 0. The van der Waals surface area contributed by atoms with Crippen LogP contribution in [0.4, 0.5) is 0 Å². The maximum atomic E-state index is 5.47. The van der Waals surface area contributed by atoms with Gasteiger partial charge in [0.05, 0.1) is 6.10 Å². The van der Waals surface area contributed by atoms with E-state index in [1.54, 1.807) is 7.11 Å². The lowest BCUT2D eigenvalue weighted by Crippen LogP contribution is -2.48. The van der Waals surface area contributed by atoms with Gasteiger partial charge in [-0.15, -0.1) is 0 Å². The molecule has 1 aliphatic rings. The third-order valence-electron chi connectivity index (χ3n) is 2.12. The molecule has 0 aromatic rings. The van der Waals surface area contributed by atoms with E-state index in [4.69, 9.17) is 15.3 Å². The first-order valence-corrected chi connectivity index (χ1v) is 3.92. The number of rotatable bonds is 2. The average molecular weight is 160 g/mol. The first kappa shape index (κ1) is 8.93. The first-order chi connectivity index (χ1) is 5.27. The maximum absolute atomic E-state index is 5.47. The van der Waals surface area contributed by atoms with Crippen LogP contribution in [-0.4, -0.2) is 25.5 Å². The molecule has 3 atom stereocenters. The molecular weight excluding hydrogens is 144 g/mol. The van der Waals surface area contributed by atoms with Gasteiger partial charge < -0.3 is 9.47 Å². The van der Waals surface area contributed by atoms with Gasteiger partial charge in [0.2, 0.25) is 0 Å². The fraction of sp³-hybridized carbons (Fsp3) is 1.00. The van der Waals surface area contributed by atoms with Crippen molar-refractivity contribution in [3.05, 3.63) is 0 Å². The highest BCUT2D eigenvalue weighted by Crippen LogP contribution is 2.18.